The summed E-state index contributed by atoms with van der Waals surface area (Å²) in [5.74, 6) is 0.918. The molecule has 0 aromatic heterocycles. The summed E-state index contributed by atoms with van der Waals surface area (Å²) in [6.07, 6.45) is 0. The van der Waals surface area contributed by atoms with Crippen molar-refractivity contribution in [2.75, 3.05) is 13.2 Å². The maximum absolute atomic E-state index is 10.9. The molecule has 0 saturated heterocycles. The standard InChI is InChI=1S/C15H14ClNO4/c1-11-2-7-14(17(18)19)15(10-11)21-9-8-20-13-5-3-12(16)4-6-13/h2-7,10H,8-9H2,1H3. The van der Waals surface area contributed by atoms with Crippen LogP contribution in [-0.2, 0) is 0 Å². The van der Waals surface area contributed by atoms with Crippen LogP contribution in [0.3, 0.4) is 0 Å². The second-order valence-electron chi connectivity index (χ2n) is 4.38. The van der Waals surface area contributed by atoms with E-state index in [1.54, 1.807) is 36.4 Å². The molecule has 0 amide bonds. The summed E-state index contributed by atoms with van der Waals surface area (Å²) in [4.78, 5) is 10.4. The van der Waals surface area contributed by atoms with Gasteiger partial charge >= 0.3 is 5.69 Å². The van der Waals surface area contributed by atoms with Crippen LogP contribution < -0.4 is 9.47 Å². The van der Waals surface area contributed by atoms with Crippen LogP contribution in [0.25, 0.3) is 0 Å². The Morgan fingerprint density at radius 1 is 1.10 bits per heavy atom. The van der Waals surface area contributed by atoms with Gasteiger partial charge in [-0.1, -0.05) is 17.7 Å². The topological polar surface area (TPSA) is 61.6 Å². The van der Waals surface area contributed by atoms with E-state index in [-0.39, 0.29) is 24.7 Å². The number of nitro groups is 1. The van der Waals surface area contributed by atoms with Gasteiger partial charge in [-0.05, 0) is 42.8 Å². The summed E-state index contributed by atoms with van der Waals surface area (Å²) in [6, 6.07) is 11.7. The smallest absolute Gasteiger partial charge is 0.310 e. The highest BCUT2D eigenvalue weighted by atomic mass is 35.5. The van der Waals surface area contributed by atoms with E-state index < -0.39 is 4.92 Å². The lowest BCUT2D eigenvalue weighted by atomic mass is 10.2. The molecule has 5 nitrogen and oxygen atoms in total. The SMILES string of the molecule is Cc1ccc([N+](=O)[O-])c(OCCOc2ccc(Cl)cc2)c1. The molecule has 0 aliphatic carbocycles. The summed E-state index contributed by atoms with van der Waals surface area (Å²) in [5.41, 5.74) is 0.848. The molecule has 0 aliphatic heterocycles. The van der Waals surface area contributed by atoms with Gasteiger partial charge in [-0.2, -0.15) is 0 Å². The Bertz CT molecular complexity index is 628. The van der Waals surface area contributed by atoms with Crippen LogP contribution in [0.4, 0.5) is 5.69 Å². The number of ether oxygens (including phenoxy) is 2. The number of aryl methyl sites for hydroxylation is 1. The molecule has 0 radical (unpaired) electrons. The predicted molar refractivity (Wildman–Crippen MR) is 80.3 cm³/mol. The van der Waals surface area contributed by atoms with Crippen molar-refractivity contribution in [2.24, 2.45) is 0 Å². The molecule has 0 spiro atoms. The van der Waals surface area contributed by atoms with Gasteiger partial charge in [0.2, 0.25) is 0 Å². The third kappa shape index (κ3) is 4.36. The van der Waals surface area contributed by atoms with Gasteiger partial charge in [-0.25, -0.2) is 0 Å². The summed E-state index contributed by atoms with van der Waals surface area (Å²) in [5, 5.41) is 11.5. The number of hydrogen-bond acceptors (Lipinski definition) is 4. The molecule has 0 N–H and O–H groups in total. The molecule has 0 heterocycles. The molecule has 0 fully saturated rings. The third-order valence-corrected chi connectivity index (χ3v) is 2.99. The fourth-order valence-corrected chi connectivity index (χ4v) is 1.86. The van der Waals surface area contributed by atoms with E-state index in [9.17, 15) is 10.1 Å². The van der Waals surface area contributed by atoms with Gasteiger partial charge in [0, 0.05) is 11.1 Å². The number of nitrogens with zero attached hydrogens (tertiary/aromatic N) is 1. The first-order chi connectivity index (χ1) is 10.1. The highest BCUT2D eigenvalue weighted by molar-refractivity contribution is 6.30. The van der Waals surface area contributed by atoms with Crippen molar-refractivity contribution in [3.8, 4) is 11.5 Å². The van der Waals surface area contributed by atoms with Gasteiger partial charge in [-0.15, -0.1) is 0 Å². The van der Waals surface area contributed by atoms with Crippen LogP contribution in [0.5, 0.6) is 11.5 Å². The number of halogens is 1. The summed E-state index contributed by atoms with van der Waals surface area (Å²) in [6.45, 7) is 2.35. The second kappa shape index (κ2) is 6.95. The van der Waals surface area contributed by atoms with Gasteiger partial charge in [0.15, 0.2) is 5.75 Å². The average Bonchev–Trinajstić information content (AvgIpc) is 2.45. The Balaban J connectivity index is 1.90. The molecular formula is C15H14ClNO4. The van der Waals surface area contributed by atoms with Crippen molar-refractivity contribution in [1.82, 2.24) is 0 Å². The predicted octanol–water partition coefficient (Wildman–Crippen LogP) is 4.01. The van der Waals surface area contributed by atoms with Gasteiger partial charge in [0.25, 0.3) is 0 Å². The maximum Gasteiger partial charge on any atom is 0.310 e. The van der Waals surface area contributed by atoms with E-state index in [1.165, 1.54) is 6.07 Å². The highest BCUT2D eigenvalue weighted by Crippen LogP contribution is 2.27. The van der Waals surface area contributed by atoms with E-state index in [2.05, 4.69) is 0 Å². The lowest BCUT2D eigenvalue weighted by Gasteiger charge is -2.09. The number of hydrogen-bond donors (Lipinski definition) is 0. The number of rotatable bonds is 6. The summed E-state index contributed by atoms with van der Waals surface area (Å²) < 4.78 is 10.9. The van der Waals surface area contributed by atoms with E-state index in [0.29, 0.717) is 10.8 Å². The second-order valence-corrected chi connectivity index (χ2v) is 4.82. The molecule has 2 aromatic carbocycles. The lowest BCUT2D eigenvalue weighted by Crippen LogP contribution is -2.10. The molecule has 0 saturated carbocycles. The first kappa shape index (κ1) is 15.1. The number of benzene rings is 2. The van der Waals surface area contributed by atoms with Crippen LogP contribution >= 0.6 is 11.6 Å². The first-order valence-electron chi connectivity index (χ1n) is 6.32. The molecular weight excluding hydrogens is 294 g/mol. The van der Waals surface area contributed by atoms with Crippen LogP contribution in [0.2, 0.25) is 5.02 Å². The van der Waals surface area contributed by atoms with Crippen molar-refractivity contribution in [3.63, 3.8) is 0 Å². The molecule has 110 valence electrons. The van der Waals surface area contributed by atoms with E-state index in [0.717, 1.165) is 5.56 Å². The normalized spacial score (nSPS) is 10.2. The highest BCUT2D eigenvalue weighted by Gasteiger charge is 2.14. The Labute approximate surface area is 127 Å². The molecule has 2 rings (SSSR count). The van der Waals surface area contributed by atoms with Gasteiger partial charge in [-0.3, -0.25) is 10.1 Å². The minimum Gasteiger partial charge on any atom is -0.490 e. The first-order valence-corrected chi connectivity index (χ1v) is 6.70. The largest absolute Gasteiger partial charge is 0.490 e. The zero-order valence-electron chi connectivity index (χ0n) is 11.4. The molecule has 0 unspecified atom stereocenters. The van der Waals surface area contributed by atoms with Crippen LogP contribution in [0.15, 0.2) is 42.5 Å². The minimum absolute atomic E-state index is 0.0490. The van der Waals surface area contributed by atoms with E-state index in [4.69, 9.17) is 21.1 Å². The quantitative estimate of drug-likeness (QED) is 0.459. The van der Waals surface area contributed by atoms with Gasteiger partial charge in [0.1, 0.15) is 19.0 Å². The van der Waals surface area contributed by atoms with Crippen molar-refractivity contribution < 1.29 is 14.4 Å². The Hall–Kier alpha value is -2.27. The van der Waals surface area contributed by atoms with Crippen LogP contribution in [-0.4, -0.2) is 18.1 Å². The summed E-state index contributed by atoms with van der Waals surface area (Å²) in [7, 11) is 0. The van der Waals surface area contributed by atoms with E-state index in [1.807, 2.05) is 6.92 Å². The molecule has 0 atom stereocenters. The molecule has 6 heteroatoms. The molecule has 2 aromatic rings. The zero-order valence-corrected chi connectivity index (χ0v) is 12.2. The summed E-state index contributed by atoms with van der Waals surface area (Å²) >= 11 is 5.77. The van der Waals surface area contributed by atoms with E-state index >= 15 is 0 Å². The maximum atomic E-state index is 10.9. The van der Waals surface area contributed by atoms with Gasteiger partial charge < -0.3 is 9.47 Å². The van der Waals surface area contributed by atoms with Crippen LogP contribution in [0.1, 0.15) is 5.56 Å². The Morgan fingerprint density at radius 3 is 2.43 bits per heavy atom. The van der Waals surface area contributed by atoms with Crippen LogP contribution in [0, 0.1) is 17.0 Å². The third-order valence-electron chi connectivity index (χ3n) is 2.74. The molecule has 0 bridgehead atoms. The van der Waals surface area contributed by atoms with Gasteiger partial charge in [0.05, 0.1) is 4.92 Å². The Morgan fingerprint density at radius 2 is 1.76 bits per heavy atom. The molecule has 21 heavy (non-hydrogen) atoms. The lowest BCUT2D eigenvalue weighted by molar-refractivity contribution is -0.385. The Kier molecular flexibility index (Phi) is 5.00. The van der Waals surface area contributed by atoms with Crippen molar-refractivity contribution >= 4 is 17.3 Å². The average molecular weight is 308 g/mol. The fourth-order valence-electron chi connectivity index (χ4n) is 1.73. The fraction of sp³-hybridized carbons (Fsp3) is 0.200. The minimum atomic E-state index is -0.463. The molecule has 0 aliphatic rings. The zero-order chi connectivity index (χ0) is 15.2. The van der Waals surface area contributed by atoms with Crippen molar-refractivity contribution in [1.29, 1.82) is 0 Å². The van der Waals surface area contributed by atoms with Crippen molar-refractivity contribution in [3.05, 3.63) is 63.2 Å². The van der Waals surface area contributed by atoms with Crippen molar-refractivity contribution in [2.45, 2.75) is 6.92 Å². The number of nitro benzene ring substituents is 1. The monoisotopic (exact) mass is 307 g/mol.